The number of halogens is 4. The molecule has 0 amide bonds. The molecule has 0 atom stereocenters. The summed E-state index contributed by atoms with van der Waals surface area (Å²) in [5.74, 6) is -3.62. The van der Waals surface area contributed by atoms with Gasteiger partial charge in [-0.3, -0.25) is 4.72 Å². The maximum Gasteiger partial charge on any atom is 0.387 e. The molecular weight excluding hydrogens is 408 g/mol. The fraction of sp³-hybridized carbons (Fsp3) is 0.125. The highest BCUT2D eigenvalue weighted by Gasteiger charge is 2.21. The van der Waals surface area contributed by atoms with E-state index in [1.807, 2.05) is 23.1 Å². The first-order chi connectivity index (χ1) is 12.7. The van der Waals surface area contributed by atoms with Gasteiger partial charge >= 0.3 is 6.61 Å². The third-order valence-corrected chi connectivity index (χ3v) is 5.87. The summed E-state index contributed by atoms with van der Waals surface area (Å²) in [6, 6.07) is 3.98. The monoisotopic (exact) mass is 420 g/mol. The lowest BCUT2D eigenvalue weighted by Crippen LogP contribution is -2.14. The fourth-order valence-corrected chi connectivity index (χ4v) is 4.17. The number of nitrogens with one attached hydrogen (secondary N) is 2. The second-order valence-electron chi connectivity index (χ2n) is 5.48. The number of aryl methyl sites for hydroxylation is 1. The lowest BCUT2D eigenvalue weighted by atomic mass is 10.3. The average molecular weight is 420 g/mol. The zero-order chi connectivity index (χ0) is 19.8. The van der Waals surface area contributed by atoms with Crippen molar-refractivity contribution in [3.63, 3.8) is 0 Å². The molecule has 11 heteroatoms. The van der Waals surface area contributed by atoms with Crippen LogP contribution in [0.25, 0.3) is 10.6 Å². The molecular formula is C16H12F4N2O3S2. The summed E-state index contributed by atoms with van der Waals surface area (Å²) in [4.78, 5) is 3.41. The Morgan fingerprint density at radius 1 is 1.15 bits per heavy atom. The third-order valence-electron chi connectivity index (χ3n) is 3.44. The van der Waals surface area contributed by atoms with E-state index in [2.05, 4.69) is 9.72 Å². The second kappa shape index (κ2) is 7.24. The van der Waals surface area contributed by atoms with Crippen molar-refractivity contribution in [2.24, 2.45) is 0 Å². The molecule has 3 aromatic rings. The Balaban J connectivity index is 1.87. The molecule has 0 aliphatic rings. The average Bonchev–Trinajstić information content (AvgIpc) is 3.20. The highest BCUT2D eigenvalue weighted by molar-refractivity contribution is 7.92. The number of sulfonamides is 1. The van der Waals surface area contributed by atoms with E-state index in [1.54, 1.807) is 0 Å². The Morgan fingerprint density at radius 3 is 2.52 bits per heavy atom. The lowest BCUT2D eigenvalue weighted by Gasteiger charge is -2.11. The van der Waals surface area contributed by atoms with Crippen molar-refractivity contribution in [3.8, 4) is 16.3 Å². The van der Waals surface area contributed by atoms with Crippen LogP contribution in [0.4, 0.5) is 23.2 Å². The Kier molecular flexibility index (Phi) is 5.16. The first-order valence-electron chi connectivity index (χ1n) is 7.36. The lowest BCUT2D eigenvalue weighted by molar-refractivity contribution is -0.0523. The molecule has 1 aromatic carbocycles. The number of rotatable bonds is 6. The summed E-state index contributed by atoms with van der Waals surface area (Å²) >= 11 is 1.41. The van der Waals surface area contributed by atoms with Crippen LogP contribution in [0.2, 0.25) is 0 Å². The summed E-state index contributed by atoms with van der Waals surface area (Å²) in [6.45, 7) is -1.46. The van der Waals surface area contributed by atoms with Crippen LogP contribution < -0.4 is 9.46 Å². The summed E-state index contributed by atoms with van der Waals surface area (Å²) in [6.07, 6.45) is 1.20. The molecule has 27 heavy (non-hydrogen) atoms. The molecule has 3 rings (SSSR count). The number of hydrogen-bond acceptors (Lipinski definition) is 4. The molecule has 2 N–H and O–H groups in total. The Morgan fingerprint density at radius 2 is 1.89 bits per heavy atom. The predicted molar refractivity (Wildman–Crippen MR) is 92.6 cm³/mol. The predicted octanol–water partition coefficient (Wildman–Crippen LogP) is 4.73. The van der Waals surface area contributed by atoms with Gasteiger partial charge in [0.15, 0.2) is 17.4 Å². The highest BCUT2D eigenvalue weighted by atomic mass is 32.2. The normalized spacial score (nSPS) is 11.8. The summed E-state index contributed by atoms with van der Waals surface area (Å²) < 4.78 is 82.5. The molecule has 0 saturated carbocycles. The van der Waals surface area contributed by atoms with Crippen LogP contribution in [-0.4, -0.2) is 20.0 Å². The van der Waals surface area contributed by atoms with Gasteiger partial charge in [0.05, 0.1) is 16.3 Å². The minimum absolute atomic E-state index is 0.198. The second-order valence-corrected chi connectivity index (χ2v) is 8.08. The highest BCUT2D eigenvalue weighted by Crippen LogP contribution is 2.30. The van der Waals surface area contributed by atoms with Crippen molar-refractivity contribution in [2.75, 3.05) is 4.72 Å². The van der Waals surface area contributed by atoms with Crippen LogP contribution in [-0.2, 0) is 10.0 Å². The van der Waals surface area contributed by atoms with Crippen molar-refractivity contribution in [3.05, 3.63) is 53.0 Å². The van der Waals surface area contributed by atoms with E-state index in [0.29, 0.717) is 17.8 Å². The van der Waals surface area contributed by atoms with Crippen molar-refractivity contribution in [1.29, 1.82) is 0 Å². The molecule has 5 nitrogen and oxygen atoms in total. The van der Waals surface area contributed by atoms with Crippen molar-refractivity contribution in [1.82, 2.24) is 4.98 Å². The molecule has 0 saturated heterocycles. The van der Waals surface area contributed by atoms with E-state index in [9.17, 15) is 26.0 Å². The maximum absolute atomic E-state index is 14.0. The van der Waals surface area contributed by atoms with Gasteiger partial charge in [0, 0.05) is 18.3 Å². The number of benzene rings is 1. The summed E-state index contributed by atoms with van der Waals surface area (Å²) in [7, 11) is -4.24. The molecule has 0 aliphatic carbocycles. The van der Waals surface area contributed by atoms with Crippen LogP contribution in [0.3, 0.4) is 0 Å². The topological polar surface area (TPSA) is 71.2 Å². The van der Waals surface area contributed by atoms with Gasteiger partial charge in [0.2, 0.25) is 0 Å². The van der Waals surface area contributed by atoms with Crippen molar-refractivity contribution >= 4 is 27.0 Å². The SMILES string of the molecule is Cc1csc(-c2cc(S(=O)(=O)Nc3cc(F)c(OC(F)F)cc3F)c[nH]2)c1. The molecule has 0 spiro atoms. The first kappa shape index (κ1) is 19.2. The number of aromatic amines is 1. The van der Waals surface area contributed by atoms with E-state index in [-0.39, 0.29) is 4.90 Å². The van der Waals surface area contributed by atoms with Gasteiger partial charge in [-0.15, -0.1) is 11.3 Å². The van der Waals surface area contributed by atoms with Gasteiger partial charge in [-0.2, -0.15) is 8.78 Å². The number of aromatic nitrogens is 1. The number of alkyl halides is 2. The Bertz CT molecular complexity index is 1080. The van der Waals surface area contributed by atoms with E-state index >= 15 is 0 Å². The number of hydrogen-bond donors (Lipinski definition) is 2. The maximum atomic E-state index is 14.0. The zero-order valence-electron chi connectivity index (χ0n) is 13.6. The standard InChI is InChI=1S/C16H12F4N2O3S2/c1-8-2-15(26-7-8)13-3-9(6-21-13)27(23,24)22-12-4-11(18)14(5-10(12)17)25-16(19)20/h2-7,16,21-22H,1H3. The molecule has 2 aromatic heterocycles. The first-order valence-corrected chi connectivity index (χ1v) is 9.72. The fourth-order valence-electron chi connectivity index (χ4n) is 2.24. The molecule has 0 unspecified atom stereocenters. The van der Waals surface area contributed by atoms with E-state index < -0.39 is 39.7 Å². The molecule has 2 heterocycles. The van der Waals surface area contributed by atoms with Gasteiger partial charge in [0.25, 0.3) is 10.0 Å². The van der Waals surface area contributed by atoms with Gasteiger partial charge in [-0.25, -0.2) is 17.2 Å². The number of ether oxygens (including phenoxy) is 1. The van der Waals surface area contributed by atoms with Crippen LogP contribution in [0.5, 0.6) is 5.75 Å². The van der Waals surface area contributed by atoms with Crippen LogP contribution in [0, 0.1) is 18.6 Å². The van der Waals surface area contributed by atoms with E-state index in [4.69, 9.17) is 0 Å². The molecule has 144 valence electrons. The van der Waals surface area contributed by atoms with Gasteiger partial charge in [-0.1, -0.05) is 0 Å². The van der Waals surface area contributed by atoms with Gasteiger partial charge < -0.3 is 9.72 Å². The Hall–Kier alpha value is -2.53. The quantitative estimate of drug-likeness (QED) is 0.567. The molecule has 0 aliphatic heterocycles. The summed E-state index contributed by atoms with van der Waals surface area (Å²) in [5.41, 5.74) is 0.820. The Labute approximate surface area is 155 Å². The summed E-state index contributed by atoms with van der Waals surface area (Å²) in [5, 5.41) is 1.89. The van der Waals surface area contributed by atoms with Crippen LogP contribution in [0.15, 0.2) is 40.7 Å². The van der Waals surface area contributed by atoms with Crippen molar-refractivity contribution < 1.29 is 30.7 Å². The van der Waals surface area contributed by atoms with E-state index in [1.165, 1.54) is 23.6 Å². The number of thiophene rings is 1. The van der Waals surface area contributed by atoms with Gasteiger partial charge in [0.1, 0.15) is 4.90 Å². The van der Waals surface area contributed by atoms with Gasteiger partial charge in [-0.05, 0) is 30.0 Å². The largest absolute Gasteiger partial charge is 0.432 e. The smallest absolute Gasteiger partial charge is 0.387 e. The van der Waals surface area contributed by atoms with Crippen LogP contribution in [0.1, 0.15) is 5.56 Å². The number of anilines is 1. The molecule has 0 bridgehead atoms. The van der Waals surface area contributed by atoms with Crippen LogP contribution >= 0.6 is 11.3 Å². The zero-order valence-corrected chi connectivity index (χ0v) is 15.2. The minimum atomic E-state index is -4.24. The number of H-pyrrole nitrogens is 1. The minimum Gasteiger partial charge on any atom is -0.432 e. The van der Waals surface area contributed by atoms with Crippen molar-refractivity contribution in [2.45, 2.75) is 18.4 Å². The third kappa shape index (κ3) is 4.25. The van der Waals surface area contributed by atoms with E-state index in [0.717, 1.165) is 10.4 Å². The molecule has 0 fully saturated rings. The molecule has 0 radical (unpaired) electrons.